The number of carbonyl (C=O) groups is 2. The molecule has 3 aliphatic rings. The third-order valence-corrected chi connectivity index (χ3v) is 8.92. The van der Waals surface area contributed by atoms with Crippen molar-refractivity contribution in [2.24, 2.45) is 17.6 Å². The molecule has 0 radical (unpaired) electrons. The zero-order valence-corrected chi connectivity index (χ0v) is 24.4. The molecule has 2 atom stereocenters. The Labute approximate surface area is 245 Å². The van der Waals surface area contributed by atoms with Crippen LogP contribution in [0.25, 0.3) is 0 Å². The van der Waals surface area contributed by atoms with E-state index in [1.54, 1.807) is 24.3 Å². The highest BCUT2D eigenvalue weighted by Gasteiger charge is 2.38. The molecule has 12 heteroatoms. The minimum Gasteiger partial charge on any atom is -0.372 e. The van der Waals surface area contributed by atoms with Crippen LogP contribution >= 0.6 is 0 Å². The first-order valence-corrected chi connectivity index (χ1v) is 14.8. The van der Waals surface area contributed by atoms with Crippen LogP contribution in [0.1, 0.15) is 73.7 Å². The van der Waals surface area contributed by atoms with Crippen LogP contribution in [0.3, 0.4) is 0 Å². The lowest BCUT2D eigenvalue weighted by Crippen LogP contribution is -2.44. The summed E-state index contributed by atoms with van der Waals surface area (Å²) in [6.45, 7) is 1.94. The van der Waals surface area contributed by atoms with Crippen molar-refractivity contribution in [3.05, 3.63) is 41.6 Å². The van der Waals surface area contributed by atoms with Crippen LogP contribution < -0.4 is 16.4 Å². The second kappa shape index (κ2) is 14.2. The van der Waals surface area contributed by atoms with Gasteiger partial charge in [-0.2, -0.15) is 18.2 Å². The van der Waals surface area contributed by atoms with Crippen LogP contribution in [0.4, 0.5) is 30.6 Å². The van der Waals surface area contributed by atoms with E-state index in [0.717, 1.165) is 51.4 Å². The largest absolute Gasteiger partial charge is 0.421 e. The van der Waals surface area contributed by atoms with Gasteiger partial charge in [-0.05, 0) is 88.3 Å². The van der Waals surface area contributed by atoms with Gasteiger partial charge in [-0.25, -0.2) is 4.98 Å². The maximum atomic E-state index is 13.8. The molecule has 4 N–H and O–H groups in total. The molecule has 1 aromatic carbocycles. The Kier molecular flexibility index (Phi) is 10.6. The number of carbonyl (C=O) groups excluding carboxylic acids is 2. The molecule has 9 nitrogen and oxygen atoms in total. The Morgan fingerprint density at radius 2 is 1.69 bits per heavy atom. The van der Waals surface area contributed by atoms with Gasteiger partial charge in [-0.15, -0.1) is 0 Å². The number of primary amides is 1. The number of halogens is 3. The number of aromatic nitrogens is 2. The van der Waals surface area contributed by atoms with Crippen LogP contribution in [-0.2, 0) is 11.0 Å². The smallest absolute Gasteiger partial charge is 0.372 e. The molecule has 2 aromatic rings. The van der Waals surface area contributed by atoms with Gasteiger partial charge in [0.2, 0.25) is 12.4 Å². The van der Waals surface area contributed by atoms with Crippen molar-refractivity contribution >= 4 is 29.8 Å². The van der Waals surface area contributed by atoms with E-state index in [1.807, 2.05) is 11.9 Å². The highest BCUT2D eigenvalue weighted by molar-refractivity contribution is 5.94. The molecule has 2 aliphatic carbocycles. The van der Waals surface area contributed by atoms with Crippen LogP contribution in [0.5, 0.6) is 0 Å². The van der Waals surface area contributed by atoms with Crippen LogP contribution in [-0.4, -0.2) is 71.4 Å². The number of nitrogens with two attached hydrogens (primary N) is 1. The fourth-order valence-corrected chi connectivity index (χ4v) is 6.53. The lowest BCUT2D eigenvalue weighted by molar-refractivity contribution is -0.137. The van der Waals surface area contributed by atoms with Crippen molar-refractivity contribution in [3.8, 4) is 0 Å². The van der Waals surface area contributed by atoms with E-state index in [-0.39, 0.29) is 36.2 Å². The summed E-state index contributed by atoms with van der Waals surface area (Å²) < 4.78 is 41.3. The Hall–Kier alpha value is -3.41. The maximum absolute atomic E-state index is 13.8. The lowest BCUT2D eigenvalue weighted by Gasteiger charge is -2.35. The van der Waals surface area contributed by atoms with Crippen molar-refractivity contribution in [1.29, 1.82) is 0 Å². The minimum atomic E-state index is -4.55. The Bertz CT molecular complexity index is 1180. The van der Waals surface area contributed by atoms with Crippen molar-refractivity contribution < 1.29 is 22.8 Å². The van der Waals surface area contributed by atoms with Crippen LogP contribution in [0, 0.1) is 11.8 Å². The molecular formula is C30H42F3N7O2. The fraction of sp³-hybridized carbons (Fsp3) is 0.600. The summed E-state index contributed by atoms with van der Waals surface area (Å²) in [4.78, 5) is 33.8. The number of nitrogens with zero attached hydrogens (tertiary/aromatic N) is 4. The minimum absolute atomic E-state index is 0.0219. The summed E-state index contributed by atoms with van der Waals surface area (Å²) in [7, 11) is 3.93. The molecule has 1 aromatic heterocycles. The first-order valence-electron chi connectivity index (χ1n) is 14.8. The molecule has 0 spiro atoms. The topological polar surface area (TPSA) is 116 Å². The molecule has 42 heavy (non-hydrogen) atoms. The normalized spacial score (nSPS) is 21.8. The third kappa shape index (κ3) is 8.11. The van der Waals surface area contributed by atoms with Crippen molar-refractivity contribution in [2.75, 3.05) is 37.8 Å². The number of nitrogens with one attached hydrogen (secondary N) is 2. The summed E-state index contributed by atoms with van der Waals surface area (Å²) in [5, 5.41) is 6.11. The number of likely N-dealkylation sites (tertiary alicyclic amines) is 1. The second-order valence-electron chi connectivity index (χ2n) is 11.7. The van der Waals surface area contributed by atoms with E-state index in [0.29, 0.717) is 23.1 Å². The molecule has 1 saturated heterocycles. The third-order valence-electron chi connectivity index (χ3n) is 8.92. The summed E-state index contributed by atoms with van der Waals surface area (Å²) >= 11 is 0. The Balaban J connectivity index is 0.00000129. The number of piperidine rings is 1. The average molecular weight is 590 g/mol. The highest BCUT2D eigenvalue weighted by atomic mass is 19.4. The van der Waals surface area contributed by atoms with Gasteiger partial charge >= 0.3 is 6.18 Å². The molecule has 2 heterocycles. The van der Waals surface area contributed by atoms with E-state index in [2.05, 4.69) is 38.3 Å². The fourth-order valence-electron chi connectivity index (χ4n) is 6.53. The molecule has 2 saturated carbocycles. The Morgan fingerprint density at radius 3 is 2.31 bits per heavy atom. The van der Waals surface area contributed by atoms with E-state index in [1.165, 1.54) is 25.7 Å². The number of benzene rings is 1. The van der Waals surface area contributed by atoms with Crippen molar-refractivity contribution in [3.63, 3.8) is 0 Å². The molecule has 230 valence electrons. The number of anilines is 3. The van der Waals surface area contributed by atoms with Gasteiger partial charge in [0.05, 0.1) is 0 Å². The number of amides is 2. The monoisotopic (exact) mass is 589 g/mol. The molecule has 1 aliphatic heterocycles. The van der Waals surface area contributed by atoms with Gasteiger partial charge in [-0.3, -0.25) is 9.59 Å². The lowest BCUT2D eigenvalue weighted by atomic mass is 9.89. The van der Waals surface area contributed by atoms with Crippen molar-refractivity contribution in [2.45, 2.75) is 76.0 Å². The summed E-state index contributed by atoms with van der Waals surface area (Å²) in [6.07, 6.45) is 6.25. The summed E-state index contributed by atoms with van der Waals surface area (Å²) in [5.41, 5.74) is 4.48. The molecule has 5 rings (SSSR count). The van der Waals surface area contributed by atoms with Gasteiger partial charge in [0.25, 0.3) is 5.91 Å². The second-order valence-corrected chi connectivity index (χ2v) is 11.7. The molecule has 2 unspecified atom stereocenters. The van der Waals surface area contributed by atoms with Gasteiger partial charge in [0.1, 0.15) is 11.4 Å². The maximum Gasteiger partial charge on any atom is 0.421 e. The van der Waals surface area contributed by atoms with E-state index < -0.39 is 11.7 Å². The predicted molar refractivity (Wildman–Crippen MR) is 156 cm³/mol. The first kappa shape index (κ1) is 31.5. The average Bonchev–Trinajstić information content (AvgIpc) is 3.66. The van der Waals surface area contributed by atoms with Gasteiger partial charge in [0.15, 0.2) is 0 Å². The number of hydrogen-bond donors (Lipinski definition) is 3. The Morgan fingerprint density at radius 1 is 1.05 bits per heavy atom. The molecule has 0 bridgehead atoms. The van der Waals surface area contributed by atoms with Crippen LogP contribution in [0.15, 0.2) is 30.5 Å². The van der Waals surface area contributed by atoms with E-state index in [9.17, 15) is 18.0 Å². The molecular weight excluding hydrogens is 547 g/mol. The highest BCUT2D eigenvalue weighted by Crippen LogP contribution is 2.42. The summed E-state index contributed by atoms with van der Waals surface area (Å²) in [5.74, 6) is 1.15. The SMILES string of the molecule is CN1CCC(N(C)C(=O)c2ccc(Nc3ncc(C(F)(F)F)c(NC4CCC(C5CCCC5)C4)n3)cc2)CC1.NC=O. The molecule has 3 fully saturated rings. The van der Waals surface area contributed by atoms with Gasteiger partial charge in [-0.1, -0.05) is 25.7 Å². The van der Waals surface area contributed by atoms with Gasteiger partial charge < -0.3 is 26.2 Å². The first-order chi connectivity index (χ1) is 20.1. The zero-order chi connectivity index (χ0) is 30.3. The van der Waals surface area contributed by atoms with Crippen molar-refractivity contribution in [1.82, 2.24) is 19.8 Å². The quantitative estimate of drug-likeness (QED) is 0.377. The van der Waals surface area contributed by atoms with E-state index >= 15 is 0 Å². The number of rotatable bonds is 7. The number of alkyl halides is 3. The number of hydrogen-bond acceptors (Lipinski definition) is 7. The zero-order valence-electron chi connectivity index (χ0n) is 24.4. The standard InChI is InChI=1S/C29H39F3N6O.CH3NO/c1-37-15-13-24(14-16-37)38(2)27(39)20-7-10-22(11-8-20)35-28-33-18-25(29(30,31)32)26(36-28)34-23-12-9-21(17-23)19-5-3-4-6-19;2-1-3/h7-8,10-11,18-19,21,23-24H,3-6,9,12-17H2,1-2H3,(H2,33,34,35,36);1H,(H2,2,3). The molecule has 2 amide bonds. The van der Waals surface area contributed by atoms with Crippen LogP contribution in [0.2, 0.25) is 0 Å². The van der Waals surface area contributed by atoms with Gasteiger partial charge in [0, 0.05) is 36.6 Å². The van der Waals surface area contributed by atoms with E-state index in [4.69, 9.17) is 4.79 Å². The predicted octanol–water partition coefficient (Wildman–Crippen LogP) is 5.28. The summed E-state index contributed by atoms with van der Waals surface area (Å²) in [6, 6.07) is 7.10.